The van der Waals surface area contributed by atoms with Gasteiger partial charge < -0.3 is 15.0 Å². The number of aromatic nitrogens is 2. The molecule has 1 aliphatic heterocycles. The van der Waals surface area contributed by atoms with Crippen LogP contribution in [0.1, 0.15) is 43.1 Å². The lowest BCUT2D eigenvalue weighted by Gasteiger charge is -2.24. The van der Waals surface area contributed by atoms with Crippen molar-refractivity contribution in [1.82, 2.24) is 9.55 Å². The largest absolute Gasteiger partial charge is 0.376 e. The van der Waals surface area contributed by atoms with Crippen molar-refractivity contribution in [1.29, 1.82) is 0 Å². The number of imidazole rings is 1. The molecule has 0 radical (unpaired) electrons. The molecule has 2 N–H and O–H groups in total. The van der Waals surface area contributed by atoms with E-state index in [0.717, 1.165) is 31.6 Å². The topological polar surface area (TPSA) is 53.1 Å². The number of nitrogens with two attached hydrogens (primary N) is 1. The molecule has 0 spiro atoms. The molecule has 0 saturated carbocycles. The third-order valence-electron chi connectivity index (χ3n) is 4.32. The van der Waals surface area contributed by atoms with E-state index in [-0.39, 0.29) is 18.2 Å². The van der Waals surface area contributed by atoms with Crippen molar-refractivity contribution in [2.75, 3.05) is 6.61 Å². The average molecular weight is 285 g/mol. The van der Waals surface area contributed by atoms with Crippen LogP contribution in [-0.2, 0) is 11.2 Å². The van der Waals surface area contributed by atoms with Crippen molar-refractivity contribution in [3.63, 3.8) is 0 Å². The molecule has 3 atom stereocenters. The van der Waals surface area contributed by atoms with Gasteiger partial charge in [-0.15, -0.1) is 0 Å². The van der Waals surface area contributed by atoms with E-state index in [9.17, 15) is 0 Å². The van der Waals surface area contributed by atoms with Gasteiger partial charge in [0.2, 0.25) is 0 Å². The second-order valence-electron chi connectivity index (χ2n) is 5.81. The van der Waals surface area contributed by atoms with Crippen LogP contribution in [0.15, 0.2) is 42.9 Å². The molecule has 21 heavy (non-hydrogen) atoms. The van der Waals surface area contributed by atoms with Gasteiger partial charge in [-0.2, -0.15) is 0 Å². The number of rotatable bonds is 5. The Hall–Kier alpha value is -1.65. The van der Waals surface area contributed by atoms with Crippen LogP contribution in [0.5, 0.6) is 0 Å². The monoisotopic (exact) mass is 285 g/mol. The second-order valence-corrected chi connectivity index (χ2v) is 5.81. The minimum absolute atomic E-state index is 0.0428. The summed E-state index contributed by atoms with van der Waals surface area (Å²) in [4.78, 5) is 4.30. The molecule has 4 heteroatoms. The predicted molar refractivity (Wildman–Crippen MR) is 83.0 cm³/mol. The minimum atomic E-state index is -0.0428. The maximum Gasteiger partial charge on any atom is 0.0952 e. The fourth-order valence-electron chi connectivity index (χ4n) is 3.08. The smallest absolute Gasteiger partial charge is 0.0952 e. The van der Waals surface area contributed by atoms with Crippen LogP contribution in [0.3, 0.4) is 0 Å². The van der Waals surface area contributed by atoms with E-state index in [1.165, 1.54) is 5.56 Å². The van der Waals surface area contributed by atoms with Crippen molar-refractivity contribution in [2.45, 2.75) is 44.4 Å². The zero-order chi connectivity index (χ0) is 14.7. The summed E-state index contributed by atoms with van der Waals surface area (Å²) < 4.78 is 7.99. The summed E-state index contributed by atoms with van der Waals surface area (Å²) >= 11 is 0. The van der Waals surface area contributed by atoms with Crippen LogP contribution in [0, 0.1) is 0 Å². The van der Waals surface area contributed by atoms with E-state index in [1.54, 1.807) is 0 Å². The van der Waals surface area contributed by atoms with Gasteiger partial charge in [-0.25, -0.2) is 4.98 Å². The first kappa shape index (κ1) is 14.3. The Balaban J connectivity index is 1.75. The van der Waals surface area contributed by atoms with Gasteiger partial charge in [0.15, 0.2) is 0 Å². The molecule has 2 heterocycles. The lowest BCUT2D eigenvalue weighted by Crippen LogP contribution is -2.25. The third kappa shape index (κ3) is 3.17. The van der Waals surface area contributed by atoms with Gasteiger partial charge in [-0.3, -0.25) is 0 Å². The Labute approximate surface area is 125 Å². The molecule has 112 valence electrons. The molecule has 0 aliphatic carbocycles. The molecule has 2 unspecified atom stereocenters. The lowest BCUT2D eigenvalue weighted by atomic mass is 10.0. The molecular weight excluding hydrogens is 262 g/mol. The van der Waals surface area contributed by atoms with Crippen LogP contribution in [0.4, 0.5) is 0 Å². The van der Waals surface area contributed by atoms with Gasteiger partial charge in [0.1, 0.15) is 0 Å². The summed E-state index contributed by atoms with van der Waals surface area (Å²) in [5.41, 5.74) is 8.74. The van der Waals surface area contributed by atoms with E-state index >= 15 is 0 Å². The van der Waals surface area contributed by atoms with E-state index in [2.05, 4.69) is 28.6 Å². The molecular formula is C17H23N3O. The molecule has 4 nitrogen and oxygen atoms in total. The Morgan fingerprint density at radius 1 is 1.38 bits per heavy atom. The zero-order valence-electron chi connectivity index (χ0n) is 12.5. The number of ether oxygens (including phenoxy) is 1. The Morgan fingerprint density at radius 2 is 2.19 bits per heavy atom. The highest BCUT2D eigenvalue weighted by Gasteiger charge is 2.26. The molecule has 1 fully saturated rings. The average Bonchev–Trinajstić information content (AvgIpc) is 3.19. The predicted octanol–water partition coefficient (Wildman–Crippen LogP) is 2.87. The summed E-state index contributed by atoms with van der Waals surface area (Å²) in [6.45, 7) is 3.06. The fraction of sp³-hybridized carbons (Fsp3) is 0.471. The Kier molecular flexibility index (Phi) is 4.36. The van der Waals surface area contributed by atoms with E-state index in [4.69, 9.17) is 10.5 Å². The normalized spacial score (nSPS) is 21.3. The Bertz CT molecular complexity index is 560. The summed E-state index contributed by atoms with van der Waals surface area (Å²) in [5.74, 6) is 0. The molecule has 1 aromatic carbocycles. The van der Waals surface area contributed by atoms with Crippen molar-refractivity contribution in [3.05, 3.63) is 54.1 Å². The highest BCUT2D eigenvalue weighted by Crippen LogP contribution is 2.27. The molecule has 3 rings (SSSR count). The third-order valence-corrected chi connectivity index (χ3v) is 4.32. The van der Waals surface area contributed by atoms with Gasteiger partial charge in [0.05, 0.1) is 30.2 Å². The molecule has 1 aromatic heterocycles. The first-order chi connectivity index (χ1) is 10.3. The maximum absolute atomic E-state index is 6.41. The van der Waals surface area contributed by atoms with Crippen molar-refractivity contribution >= 4 is 0 Å². The lowest BCUT2D eigenvalue weighted by molar-refractivity contribution is 0.0720. The van der Waals surface area contributed by atoms with E-state index in [1.807, 2.05) is 30.7 Å². The zero-order valence-corrected chi connectivity index (χ0v) is 12.5. The first-order valence-electron chi connectivity index (χ1n) is 7.68. The van der Waals surface area contributed by atoms with Gasteiger partial charge in [-0.1, -0.05) is 30.3 Å². The van der Waals surface area contributed by atoms with E-state index < -0.39 is 0 Å². The quantitative estimate of drug-likeness (QED) is 0.919. The summed E-state index contributed by atoms with van der Waals surface area (Å²) in [6, 6.07) is 10.6. The molecule has 1 saturated heterocycles. The van der Waals surface area contributed by atoms with Crippen LogP contribution in [0.25, 0.3) is 0 Å². The highest BCUT2D eigenvalue weighted by atomic mass is 16.5. The first-order valence-corrected chi connectivity index (χ1v) is 7.68. The Morgan fingerprint density at radius 3 is 2.90 bits per heavy atom. The molecule has 1 aliphatic rings. The number of benzene rings is 1. The van der Waals surface area contributed by atoms with Crippen LogP contribution >= 0.6 is 0 Å². The van der Waals surface area contributed by atoms with Crippen LogP contribution in [0.2, 0.25) is 0 Å². The van der Waals surface area contributed by atoms with Crippen LogP contribution < -0.4 is 5.73 Å². The summed E-state index contributed by atoms with van der Waals surface area (Å²) in [5, 5.41) is 0. The van der Waals surface area contributed by atoms with Gasteiger partial charge >= 0.3 is 0 Å². The van der Waals surface area contributed by atoms with Gasteiger partial charge in [-0.05, 0) is 31.7 Å². The van der Waals surface area contributed by atoms with Crippen LogP contribution in [-0.4, -0.2) is 22.3 Å². The minimum Gasteiger partial charge on any atom is -0.376 e. The standard InChI is InChI=1S/C17H23N3O/c1-13(17-8-5-9-21-17)20-12-19-11-16(20)15(18)10-14-6-3-2-4-7-14/h2-4,6-7,11-13,15,17H,5,8-10,18H2,1H3/t13?,15-,17?/m1/s1. The fourth-order valence-corrected chi connectivity index (χ4v) is 3.08. The highest BCUT2D eigenvalue weighted by molar-refractivity contribution is 5.19. The maximum atomic E-state index is 6.41. The van der Waals surface area contributed by atoms with Crippen molar-refractivity contribution in [2.24, 2.45) is 5.73 Å². The molecule has 2 aromatic rings. The van der Waals surface area contributed by atoms with Gasteiger partial charge in [0.25, 0.3) is 0 Å². The molecule has 0 amide bonds. The van der Waals surface area contributed by atoms with Gasteiger partial charge in [0, 0.05) is 12.8 Å². The SMILES string of the molecule is CC(C1CCCO1)n1cncc1[C@H](N)Cc1ccccc1. The number of nitrogens with zero attached hydrogens (tertiary/aromatic N) is 2. The van der Waals surface area contributed by atoms with Crippen molar-refractivity contribution in [3.8, 4) is 0 Å². The molecule has 0 bridgehead atoms. The second kappa shape index (κ2) is 6.41. The van der Waals surface area contributed by atoms with Crippen molar-refractivity contribution < 1.29 is 4.74 Å². The number of hydrogen-bond donors (Lipinski definition) is 1. The van der Waals surface area contributed by atoms with E-state index in [0.29, 0.717) is 0 Å². The summed E-state index contributed by atoms with van der Waals surface area (Å²) in [6.07, 6.45) is 7.14. The number of hydrogen-bond acceptors (Lipinski definition) is 3. The summed E-state index contributed by atoms with van der Waals surface area (Å²) in [7, 11) is 0.